The van der Waals surface area contributed by atoms with Crippen LogP contribution in [0.4, 0.5) is 16.2 Å². The van der Waals surface area contributed by atoms with E-state index in [4.69, 9.17) is 16.3 Å². The first kappa shape index (κ1) is 19.0. The molecule has 7 heteroatoms. The Morgan fingerprint density at radius 3 is 2.74 bits per heavy atom. The molecule has 3 amide bonds. The molecule has 0 aliphatic carbocycles. The number of ether oxygens (including phenoxy) is 1. The molecule has 0 atom stereocenters. The summed E-state index contributed by atoms with van der Waals surface area (Å²) in [6.07, 6.45) is 1.44. The Hall–Kier alpha value is -2.73. The lowest BCUT2D eigenvalue weighted by molar-refractivity contribution is -0.117. The van der Waals surface area contributed by atoms with Crippen LogP contribution in [0.2, 0.25) is 5.02 Å². The number of anilines is 2. The van der Waals surface area contributed by atoms with Gasteiger partial charge in [-0.1, -0.05) is 17.7 Å². The van der Waals surface area contributed by atoms with Gasteiger partial charge in [0, 0.05) is 36.4 Å². The summed E-state index contributed by atoms with van der Waals surface area (Å²) in [5, 5.41) is 3.50. The maximum Gasteiger partial charge on any atom is 0.321 e. The lowest BCUT2D eigenvalue weighted by atomic mass is 10.2. The van der Waals surface area contributed by atoms with Gasteiger partial charge in [-0.05, 0) is 48.9 Å². The van der Waals surface area contributed by atoms with Gasteiger partial charge in [-0.15, -0.1) is 0 Å². The molecule has 1 saturated heterocycles. The van der Waals surface area contributed by atoms with Crippen molar-refractivity contribution in [1.29, 1.82) is 0 Å². The number of carbonyl (C=O) groups is 2. The van der Waals surface area contributed by atoms with E-state index in [1.54, 1.807) is 47.2 Å². The molecule has 1 aliphatic heterocycles. The molecule has 1 heterocycles. The normalized spacial score (nSPS) is 13.6. The summed E-state index contributed by atoms with van der Waals surface area (Å²) in [5.74, 6) is 0.825. The van der Waals surface area contributed by atoms with Gasteiger partial charge >= 0.3 is 6.03 Å². The number of halogens is 1. The van der Waals surface area contributed by atoms with Crippen molar-refractivity contribution in [3.05, 3.63) is 53.6 Å². The van der Waals surface area contributed by atoms with Crippen LogP contribution in [-0.4, -0.2) is 43.6 Å². The first-order valence-electron chi connectivity index (χ1n) is 8.84. The molecular weight excluding hydrogens is 366 g/mol. The van der Waals surface area contributed by atoms with Crippen LogP contribution >= 0.6 is 11.6 Å². The first-order valence-corrected chi connectivity index (χ1v) is 9.21. The summed E-state index contributed by atoms with van der Waals surface area (Å²) in [6.45, 7) is 1.52. The van der Waals surface area contributed by atoms with Gasteiger partial charge in [-0.25, -0.2) is 4.79 Å². The minimum atomic E-state index is -0.236. The van der Waals surface area contributed by atoms with Crippen molar-refractivity contribution < 1.29 is 14.3 Å². The quantitative estimate of drug-likeness (QED) is 0.814. The van der Waals surface area contributed by atoms with E-state index >= 15 is 0 Å². The summed E-state index contributed by atoms with van der Waals surface area (Å²) < 4.78 is 5.61. The third kappa shape index (κ3) is 5.14. The summed E-state index contributed by atoms with van der Waals surface area (Å²) in [5.41, 5.74) is 1.46. The highest BCUT2D eigenvalue weighted by molar-refractivity contribution is 6.30. The van der Waals surface area contributed by atoms with Gasteiger partial charge in [-0.3, -0.25) is 4.79 Å². The van der Waals surface area contributed by atoms with Crippen molar-refractivity contribution in [2.24, 2.45) is 0 Å². The molecule has 6 nitrogen and oxygen atoms in total. The second-order valence-corrected chi connectivity index (χ2v) is 6.79. The molecule has 0 radical (unpaired) electrons. The minimum Gasteiger partial charge on any atom is -0.492 e. The van der Waals surface area contributed by atoms with Crippen LogP contribution in [0.1, 0.15) is 12.8 Å². The molecule has 0 saturated carbocycles. The third-order valence-electron chi connectivity index (χ3n) is 4.34. The Kier molecular flexibility index (Phi) is 6.19. The maximum absolute atomic E-state index is 12.4. The van der Waals surface area contributed by atoms with Gasteiger partial charge in [0.25, 0.3) is 0 Å². The Balaban J connectivity index is 1.50. The number of benzene rings is 2. The van der Waals surface area contributed by atoms with Crippen molar-refractivity contribution >= 4 is 34.9 Å². The lowest BCUT2D eigenvalue weighted by Crippen LogP contribution is -2.34. The fourth-order valence-corrected chi connectivity index (χ4v) is 2.95. The largest absolute Gasteiger partial charge is 0.492 e. The molecule has 1 aliphatic rings. The maximum atomic E-state index is 12.4. The van der Waals surface area contributed by atoms with Gasteiger partial charge in [0.1, 0.15) is 12.4 Å². The molecule has 3 rings (SSSR count). The number of urea groups is 1. The van der Waals surface area contributed by atoms with Crippen LogP contribution in [0, 0.1) is 0 Å². The molecule has 27 heavy (non-hydrogen) atoms. The zero-order valence-corrected chi connectivity index (χ0v) is 15.9. The average Bonchev–Trinajstić information content (AvgIpc) is 3.09. The number of likely N-dealkylation sites (N-methyl/N-ethyl adjacent to an activating group) is 1. The SMILES string of the molecule is CN(CCOc1ccc(Cl)cc1)C(=O)Nc1cccc(N2CCCC2=O)c1. The Labute approximate surface area is 163 Å². The number of nitrogens with one attached hydrogen (secondary N) is 1. The molecule has 0 bridgehead atoms. The van der Waals surface area contributed by atoms with Gasteiger partial charge in [0.05, 0.1) is 6.54 Å². The molecule has 0 unspecified atom stereocenters. The van der Waals surface area contributed by atoms with Crippen molar-refractivity contribution in [3.63, 3.8) is 0 Å². The van der Waals surface area contributed by atoms with E-state index in [1.807, 2.05) is 18.2 Å². The number of nitrogens with zero attached hydrogens (tertiary/aromatic N) is 2. The summed E-state index contributed by atoms with van der Waals surface area (Å²) in [7, 11) is 1.70. The van der Waals surface area contributed by atoms with Crippen LogP contribution < -0.4 is 15.0 Å². The van der Waals surface area contributed by atoms with Gasteiger partial charge in [0.2, 0.25) is 5.91 Å². The molecular formula is C20H22ClN3O3. The van der Waals surface area contributed by atoms with E-state index in [0.717, 1.165) is 18.7 Å². The molecule has 0 spiro atoms. The van der Waals surface area contributed by atoms with Crippen molar-refractivity contribution in [1.82, 2.24) is 4.90 Å². The van der Waals surface area contributed by atoms with E-state index in [9.17, 15) is 9.59 Å². The molecule has 2 aromatic carbocycles. The smallest absolute Gasteiger partial charge is 0.321 e. The Bertz CT molecular complexity index is 810. The summed E-state index contributed by atoms with van der Waals surface area (Å²) >= 11 is 5.84. The predicted octanol–water partition coefficient (Wildman–Crippen LogP) is 4.01. The monoisotopic (exact) mass is 387 g/mol. The first-order chi connectivity index (χ1) is 13.0. The van der Waals surface area contributed by atoms with Crippen LogP contribution in [0.3, 0.4) is 0 Å². The molecule has 0 aromatic heterocycles. The molecule has 2 aromatic rings. The fourth-order valence-electron chi connectivity index (χ4n) is 2.82. The summed E-state index contributed by atoms with van der Waals surface area (Å²) in [4.78, 5) is 27.5. The number of amides is 3. The Morgan fingerprint density at radius 1 is 1.26 bits per heavy atom. The molecule has 142 valence electrons. The Morgan fingerprint density at radius 2 is 2.04 bits per heavy atom. The highest BCUT2D eigenvalue weighted by Gasteiger charge is 2.21. The van der Waals surface area contributed by atoms with Gasteiger partial charge in [0.15, 0.2) is 0 Å². The van der Waals surface area contributed by atoms with Crippen LogP contribution in [0.25, 0.3) is 0 Å². The van der Waals surface area contributed by atoms with Crippen molar-refractivity contribution in [2.75, 3.05) is 37.0 Å². The van der Waals surface area contributed by atoms with E-state index in [-0.39, 0.29) is 11.9 Å². The van der Waals surface area contributed by atoms with Gasteiger partial charge < -0.3 is 19.9 Å². The van der Waals surface area contributed by atoms with Crippen molar-refractivity contribution in [3.8, 4) is 5.75 Å². The fraction of sp³-hybridized carbons (Fsp3) is 0.300. The number of carbonyl (C=O) groups excluding carboxylic acids is 2. The van der Waals surface area contributed by atoms with Crippen LogP contribution in [-0.2, 0) is 4.79 Å². The van der Waals surface area contributed by atoms with Gasteiger partial charge in [-0.2, -0.15) is 0 Å². The lowest BCUT2D eigenvalue weighted by Gasteiger charge is -2.20. The predicted molar refractivity (Wildman–Crippen MR) is 107 cm³/mol. The highest BCUT2D eigenvalue weighted by atomic mass is 35.5. The van der Waals surface area contributed by atoms with Crippen molar-refractivity contribution in [2.45, 2.75) is 12.8 Å². The third-order valence-corrected chi connectivity index (χ3v) is 4.59. The average molecular weight is 388 g/mol. The molecule has 1 fully saturated rings. The topological polar surface area (TPSA) is 61.9 Å². The molecule has 1 N–H and O–H groups in total. The highest BCUT2D eigenvalue weighted by Crippen LogP contribution is 2.24. The van der Waals surface area contributed by atoms with Crippen LogP contribution in [0.5, 0.6) is 5.75 Å². The van der Waals surface area contributed by atoms with E-state index in [2.05, 4.69) is 5.32 Å². The second kappa shape index (κ2) is 8.77. The van der Waals surface area contributed by atoms with E-state index < -0.39 is 0 Å². The van der Waals surface area contributed by atoms with E-state index in [1.165, 1.54) is 0 Å². The zero-order chi connectivity index (χ0) is 19.2. The number of rotatable bonds is 6. The zero-order valence-electron chi connectivity index (χ0n) is 15.2. The number of hydrogen-bond donors (Lipinski definition) is 1. The second-order valence-electron chi connectivity index (χ2n) is 6.35. The van der Waals surface area contributed by atoms with E-state index in [0.29, 0.717) is 36.0 Å². The van der Waals surface area contributed by atoms with Crippen LogP contribution in [0.15, 0.2) is 48.5 Å². The summed E-state index contributed by atoms with van der Waals surface area (Å²) in [6, 6.07) is 14.2. The minimum absolute atomic E-state index is 0.120. The standard InChI is InChI=1S/C20H22ClN3O3/c1-23(12-13-27-18-9-7-15(21)8-10-18)20(26)22-16-4-2-5-17(14-16)24-11-3-6-19(24)25/h2,4-5,7-10,14H,3,6,11-13H2,1H3,(H,22,26). The number of hydrogen-bond acceptors (Lipinski definition) is 3.